The monoisotopic (exact) mass is 285 g/mol. The van der Waals surface area contributed by atoms with Crippen LogP contribution in [0.2, 0.25) is 0 Å². The van der Waals surface area contributed by atoms with Crippen molar-refractivity contribution in [1.29, 1.82) is 0 Å². The molecule has 2 aliphatic rings. The molecular weight excluding hydrogens is 270 g/mol. The number of aromatic nitrogens is 2. The summed E-state index contributed by atoms with van der Waals surface area (Å²) in [4.78, 5) is 8.01. The van der Waals surface area contributed by atoms with Gasteiger partial charge in [0.05, 0.1) is 12.9 Å². The summed E-state index contributed by atoms with van der Waals surface area (Å²) in [7, 11) is 0. The summed E-state index contributed by atoms with van der Waals surface area (Å²) < 4.78 is 6.79. The third-order valence-electron chi connectivity index (χ3n) is 3.45. The lowest BCUT2D eigenvalue weighted by atomic mass is 10.1. The van der Waals surface area contributed by atoms with Gasteiger partial charge in [-0.1, -0.05) is 0 Å². The highest BCUT2D eigenvalue weighted by Crippen LogP contribution is 2.36. The minimum absolute atomic E-state index is 0.313. The maximum atomic E-state index is 9.97. The Hall–Kier alpha value is -1.56. The van der Waals surface area contributed by atoms with E-state index in [4.69, 9.17) is 15.6 Å². The van der Waals surface area contributed by atoms with Crippen molar-refractivity contribution in [3.05, 3.63) is 12.0 Å². The van der Waals surface area contributed by atoms with Crippen molar-refractivity contribution in [2.24, 2.45) is 10.7 Å². The fraction of sp³-hybridized carbons (Fsp3) is 0.600. The number of hydroxylamine groups is 2. The van der Waals surface area contributed by atoms with Crippen molar-refractivity contribution >= 4 is 12.2 Å². The Morgan fingerprint density at radius 2 is 2.10 bits per heavy atom. The van der Waals surface area contributed by atoms with E-state index in [1.54, 1.807) is 0 Å². The molecule has 0 radical (unpaired) electrons. The number of nitrogens with two attached hydrogens (primary N) is 1. The maximum Gasteiger partial charge on any atom is 0.165 e. The van der Waals surface area contributed by atoms with Gasteiger partial charge in [0, 0.05) is 0 Å². The number of hydrogen-bond donors (Lipinski definition) is 5. The largest absolute Gasteiger partial charge is 0.394 e. The van der Waals surface area contributed by atoms with Crippen LogP contribution in [-0.4, -0.2) is 66.4 Å². The van der Waals surface area contributed by atoms with Crippen LogP contribution < -0.4 is 5.73 Å². The standard InChI is InChI=1S/C10H15N5O5/c11-8-5-9(13-3-15(8)19)14(2-12-5)10-7(18)6(17)4(1-16)20-10/h2-4,6-8,10,16-19H,1,11H2/t4-,6?,7?,8?,10-/m1/s1. The molecule has 1 aromatic rings. The molecule has 3 rings (SSSR count). The molecule has 110 valence electrons. The van der Waals surface area contributed by atoms with Crippen LogP contribution in [0, 0.1) is 0 Å². The van der Waals surface area contributed by atoms with Crippen LogP contribution in [0.5, 0.6) is 0 Å². The van der Waals surface area contributed by atoms with Gasteiger partial charge in [-0.3, -0.25) is 9.77 Å². The summed E-state index contributed by atoms with van der Waals surface area (Å²) in [5, 5.41) is 38.9. The van der Waals surface area contributed by atoms with Gasteiger partial charge in [0.15, 0.2) is 18.2 Å². The van der Waals surface area contributed by atoms with Crippen LogP contribution in [0.15, 0.2) is 11.3 Å². The number of nitrogens with zero attached hydrogens (tertiary/aromatic N) is 4. The summed E-state index contributed by atoms with van der Waals surface area (Å²) in [6.07, 6.45) is -2.67. The SMILES string of the molecule is NC1c2ncn([C@@H]3O[C@H](CO)C(O)C3O)c2N=CN1O. The third kappa shape index (κ3) is 1.82. The van der Waals surface area contributed by atoms with Gasteiger partial charge in [0.1, 0.15) is 30.3 Å². The molecule has 0 spiro atoms. The van der Waals surface area contributed by atoms with Crippen LogP contribution in [-0.2, 0) is 4.74 Å². The van der Waals surface area contributed by atoms with E-state index in [1.807, 2.05) is 0 Å². The van der Waals surface area contributed by atoms with Crippen LogP contribution in [0.4, 0.5) is 5.82 Å². The summed E-state index contributed by atoms with van der Waals surface area (Å²) >= 11 is 0. The molecule has 3 unspecified atom stereocenters. The van der Waals surface area contributed by atoms with Crippen molar-refractivity contribution in [2.75, 3.05) is 6.61 Å². The molecule has 1 aromatic heterocycles. The number of ether oxygens (including phenoxy) is 1. The number of imidazole rings is 1. The second kappa shape index (κ2) is 4.77. The topological polar surface area (TPSA) is 150 Å². The summed E-state index contributed by atoms with van der Waals surface area (Å²) in [6, 6.07) is 0. The van der Waals surface area contributed by atoms with E-state index in [0.717, 1.165) is 6.34 Å². The Kier molecular flexibility index (Phi) is 3.20. The van der Waals surface area contributed by atoms with Crippen LogP contribution in [0.3, 0.4) is 0 Å². The normalized spacial score (nSPS) is 36.5. The van der Waals surface area contributed by atoms with E-state index in [0.29, 0.717) is 16.6 Å². The molecule has 5 atom stereocenters. The highest BCUT2D eigenvalue weighted by atomic mass is 16.6. The van der Waals surface area contributed by atoms with E-state index in [1.165, 1.54) is 10.9 Å². The predicted molar refractivity (Wildman–Crippen MR) is 63.9 cm³/mol. The average Bonchev–Trinajstić information content (AvgIpc) is 2.98. The van der Waals surface area contributed by atoms with Crippen molar-refractivity contribution in [3.8, 4) is 0 Å². The Morgan fingerprint density at radius 1 is 1.35 bits per heavy atom. The molecule has 0 saturated carbocycles. The third-order valence-corrected chi connectivity index (χ3v) is 3.45. The Labute approximate surface area is 113 Å². The van der Waals surface area contributed by atoms with Gasteiger partial charge < -0.3 is 25.8 Å². The highest BCUT2D eigenvalue weighted by Gasteiger charge is 2.44. The fourth-order valence-electron chi connectivity index (χ4n) is 2.32. The van der Waals surface area contributed by atoms with Crippen molar-refractivity contribution in [2.45, 2.75) is 30.7 Å². The molecule has 3 heterocycles. The molecule has 20 heavy (non-hydrogen) atoms. The minimum atomic E-state index is -1.23. The zero-order chi connectivity index (χ0) is 14.4. The van der Waals surface area contributed by atoms with Crippen molar-refractivity contribution < 1.29 is 25.3 Å². The van der Waals surface area contributed by atoms with Crippen LogP contribution >= 0.6 is 0 Å². The number of hydrogen-bond acceptors (Lipinski definition) is 9. The van der Waals surface area contributed by atoms with Gasteiger partial charge in [0.2, 0.25) is 0 Å². The number of aliphatic hydroxyl groups is 3. The number of fused-ring (bicyclic) bond motifs is 1. The maximum absolute atomic E-state index is 9.97. The zero-order valence-corrected chi connectivity index (χ0v) is 10.3. The van der Waals surface area contributed by atoms with E-state index in [2.05, 4.69) is 9.98 Å². The molecule has 1 fully saturated rings. The second-order valence-corrected chi connectivity index (χ2v) is 4.66. The number of aliphatic hydroxyl groups excluding tert-OH is 3. The molecule has 2 aliphatic heterocycles. The van der Waals surface area contributed by atoms with Gasteiger partial charge in [0.25, 0.3) is 0 Å². The average molecular weight is 285 g/mol. The van der Waals surface area contributed by atoms with Gasteiger partial charge in [-0.2, -0.15) is 0 Å². The molecule has 0 aliphatic carbocycles. The van der Waals surface area contributed by atoms with Gasteiger partial charge in [-0.25, -0.2) is 15.0 Å². The van der Waals surface area contributed by atoms with Crippen LogP contribution in [0.1, 0.15) is 18.1 Å². The molecule has 0 amide bonds. The minimum Gasteiger partial charge on any atom is -0.394 e. The molecule has 0 aromatic carbocycles. The first-order valence-corrected chi connectivity index (χ1v) is 6.00. The van der Waals surface area contributed by atoms with E-state index in [9.17, 15) is 15.4 Å². The van der Waals surface area contributed by atoms with Gasteiger partial charge >= 0.3 is 0 Å². The quantitative estimate of drug-likeness (QED) is 0.411. The smallest absolute Gasteiger partial charge is 0.165 e. The molecule has 0 bridgehead atoms. The predicted octanol–water partition coefficient (Wildman–Crippen LogP) is -2.18. The molecule has 1 saturated heterocycles. The lowest BCUT2D eigenvalue weighted by molar-refractivity contribution is -0.0552. The molecule has 10 heteroatoms. The van der Waals surface area contributed by atoms with E-state index < -0.39 is 37.3 Å². The summed E-state index contributed by atoms with van der Waals surface area (Å²) in [5.74, 6) is 0.317. The van der Waals surface area contributed by atoms with Crippen molar-refractivity contribution in [1.82, 2.24) is 14.6 Å². The lowest BCUT2D eigenvalue weighted by Gasteiger charge is -2.24. The zero-order valence-electron chi connectivity index (χ0n) is 10.3. The first kappa shape index (κ1) is 13.4. The molecule has 6 N–H and O–H groups in total. The summed E-state index contributed by atoms with van der Waals surface area (Å²) in [5.41, 5.74) is 6.05. The van der Waals surface area contributed by atoms with Gasteiger partial charge in [-0.15, -0.1) is 0 Å². The Bertz CT molecular complexity index is 534. The van der Waals surface area contributed by atoms with Crippen LogP contribution in [0.25, 0.3) is 0 Å². The molecule has 10 nitrogen and oxygen atoms in total. The van der Waals surface area contributed by atoms with E-state index in [-0.39, 0.29) is 0 Å². The van der Waals surface area contributed by atoms with Gasteiger partial charge in [-0.05, 0) is 0 Å². The van der Waals surface area contributed by atoms with E-state index >= 15 is 0 Å². The summed E-state index contributed by atoms with van der Waals surface area (Å²) in [6.45, 7) is -0.418. The second-order valence-electron chi connectivity index (χ2n) is 4.66. The lowest BCUT2D eigenvalue weighted by Crippen LogP contribution is -2.34. The number of aliphatic imine (C=N–C) groups is 1. The Balaban J connectivity index is 1.95. The number of rotatable bonds is 2. The first-order valence-electron chi connectivity index (χ1n) is 6.00. The fourth-order valence-corrected chi connectivity index (χ4v) is 2.32. The molecular formula is C10H15N5O5. The van der Waals surface area contributed by atoms with Crippen molar-refractivity contribution in [3.63, 3.8) is 0 Å². The highest BCUT2D eigenvalue weighted by molar-refractivity contribution is 5.64. The first-order chi connectivity index (χ1) is 9.54. The Morgan fingerprint density at radius 3 is 2.75 bits per heavy atom.